The monoisotopic (exact) mass is 467 g/mol. The number of alkyl halides is 2. The SMILES string of the molecule is C=C/C=C\c1c(NC(=C)N2c3nc(C(=C)N[C@H](C)C(C)(F)F)ccc3N3CC[C@H]2C3)n[nH]c1C. The van der Waals surface area contributed by atoms with E-state index in [1.165, 1.54) is 6.92 Å². The molecule has 0 aliphatic carbocycles. The molecule has 2 atom stereocenters. The number of hydrogen-bond donors (Lipinski definition) is 3. The van der Waals surface area contributed by atoms with E-state index < -0.39 is 12.0 Å². The fourth-order valence-electron chi connectivity index (χ4n) is 4.29. The molecule has 2 aromatic rings. The van der Waals surface area contributed by atoms with Crippen LogP contribution >= 0.6 is 0 Å². The molecule has 9 heteroatoms. The minimum absolute atomic E-state index is 0.183. The predicted molar refractivity (Wildman–Crippen MR) is 135 cm³/mol. The van der Waals surface area contributed by atoms with Crippen molar-refractivity contribution in [3.05, 3.63) is 66.8 Å². The van der Waals surface area contributed by atoms with Gasteiger partial charge in [-0.1, -0.05) is 31.9 Å². The number of pyridine rings is 1. The van der Waals surface area contributed by atoms with Gasteiger partial charge < -0.3 is 20.4 Å². The summed E-state index contributed by atoms with van der Waals surface area (Å²) in [6.45, 7) is 18.0. The van der Waals surface area contributed by atoms with Crippen LogP contribution in [0.2, 0.25) is 0 Å². The van der Waals surface area contributed by atoms with E-state index in [1.54, 1.807) is 6.08 Å². The number of aryl methyl sites for hydroxylation is 1. The van der Waals surface area contributed by atoms with Crippen LogP contribution in [-0.4, -0.2) is 46.3 Å². The van der Waals surface area contributed by atoms with Crippen molar-refractivity contribution >= 4 is 29.1 Å². The van der Waals surface area contributed by atoms with Crippen molar-refractivity contribution in [3.8, 4) is 0 Å². The Morgan fingerprint density at radius 1 is 1.35 bits per heavy atom. The van der Waals surface area contributed by atoms with Gasteiger partial charge in [-0.25, -0.2) is 13.8 Å². The van der Waals surface area contributed by atoms with Crippen molar-refractivity contribution in [3.63, 3.8) is 0 Å². The first kappa shape index (κ1) is 23.5. The van der Waals surface area contributed by atoms with Crippen LogP contribution in [0.15, 0.2) is 49.8 Å². The van der Waals surface area contributed by atoms with Crippen LogP contribution in [0.3, 0.4) is 0 Å². The molecule has 2 bridgehead atoms. The highest BCUT2D eigenvalue weighted by molar-refractivity contribution is 5.78. The zero-order chi connectivity index (χ0) is 24.6. The van der Waals surface area contributed by atoms with Gasteiger partial charge in [-0.05, 0) is 38.5 Å². The van der Waals surface area contributed by atoms with Crippen LogP contribution < -0.4 is 20.4 Å². The minimum atomic E-state index is -2.88. The Kier molecular flexibility index (Phi) is 6.20. The maximum absolute atomic E-state index is 13.7. The average molecular weight is 468 g/mol. The predicted octanol–water partition coefficient (Wildman–Crippen LogP) is 4.90. The van der Waals surface area contributed by atoms with Crippen molar-refractivity contribution in [2.45, 2.75) is 45.2 Å². The van der Waals surface area contributed by atoms with E-state index in [0.29, 0.717) is 23.0 Å². The summed E-state index contributed by atoms with van der Waals surface area (Å²) in [4.78, 5) is 9.20. The van der Waals surface area contributed by atoms with Gasteiger partial charge in [0.15, 0.2) is 11.6 Å². The highest BCUT2D eigenvalue weighted by Crippen LogP contribution is 2.41. The molecule has 1 fully saturated rings. The van der Waals surface area contributed by atoms with E-state index in [1.807, 2.05) is 31.2 Å². The van der Waals surface area contributed by atoms with E-state index >= 15 is 0 Å². The smallest absolute Gasteiger partial charge is 0.264 e. The minimum Gasteiger partial charge on any atom is -0.375 e. The number of aromatic nitrogens is 3. The molecule has 0 saturated carbocycles. The molecule has 0 spiro atoms. The molecule has 4 rings (SSSR count). The average Bonchev–Trinajstić information content (AvgIpc) is 3.35. The molecule has 4 heterocycles. The molecule has 0 aromatic carbocycles. The molecule has 0 amide bonds. The molecule has 2 aliphatic heterocycles. The number of H-pyrrole nitrogens is 1. The quantitative estimate of drug-likeness (QED) is 0.456. The van der Waals surface area contributed by atoms with Crippen LogP contribution in [0.1, 0.15) is 37.2 Å². The zero-order valence-electron chi connectivity index (χ0n) is 19.8. The van der Waals surface area contributed by atoms with Crippen LogP contribution in [0.25, 0.3) is 11.8 Å². The molecular weight excluding hydrogens is 436 g/mol. The Labute approximate surface area is 198 Å². The number of rotatable bonds is 9. The standard InChI is InChI=1S/C25H31F2N7/c1-7-8-9-20-15(2)31-32-23(20)29-18(5)34-19-12-13-33(14-19)22-11-10-21(30-24(22)34)16(3)28-17(4)25(6,26)27/h7-11,17,19,28H,1,3,5,12-14H2,2,4,6H3,(H2,29,31,32)/b9-8-/t17-,19+/m1/s1. The maximum Gasteiger partial charge on any atom is 0.264 e. The van der Waals surface area contributed by atoms with E-state index in [0.717, 1.165) is 49.2 Å². The van der Waals surface area contributed by atoms with Gasteiger partial charge in [0.2, 0.25) is 0 Å². The number of nitrogens with zero attached hydrogens (tertiary/aromatic N) is 4. The second kappa shape index (κ2) is 8.96. The lowest BCUT2D eigenvalue weighted by Gasteiger charge is -2.38. The van der Waals surface area contributed by atoms with Crippen LogP contribution in [0.4, 0.5) is 26.1 Å². The molecule has 0 unspecified atom stereocenters. The van der Waals surface area contributed by atoms with Gasteiger partial charge in [-0.2, -0.15) is 5.10 Å². The fourth-order valence-corrected chi connectivity index (χ4v) is 4.29. The second-order valence-corrected chi connectivity index (χ2v) is 8.88. The Balaban J connectivity index is 1.64. The van der Waals surface area contributed by atoms with Crippen LogP contribution in [0, 0.1) is 6.92 Å². The molecule has 1 saturated heterocycles. The third-order valence-corrected chi connectivity index (χ3v) is 6.36. The maximum atomic E-state index is 13.7. The Hall–Kier alpha value is -3.62. The summed E-state index contributed by atoms with van der Waals surface area (Å²) < 4.78 is 27.4. The molecule has 34 heavy (non-hydrogen) atoms. The number of nitrogens with one attached hydrogen (secondary N) is 3. The van der Waals surface area contributed by atoms with Gasteiger partial charge in [0.1, 0.15) is 5.82 Å². The summed E-state index contributed by atoms with van der Waals surface area (Å²) in [6, 6.07) is 2.90. The topological polar surface area (TPSA) is 72.1 Å². The first-order chi connectivity index (χ1) is 16.1. The second-order valence-electron chi connectivity index (χ2n) is 8.88. The number of halogens is 2. The van der Waals surface area contributed by atoms with Gasteiger partial charge >= 0.3 is 0 Å². The number of allylic oxidation sites excluding steroid dienone is 2. The fraction of sp³-hybridized carbons (Fsp3) is 0.360. The zero-order valence-corrected chi connectivity index (χ0v) is 19.8. The highest BCUT2D eigenvalue weighted by Gasteiger charge is 2.39. The van der Waals surface area contributed by atoms with Gasteiger partial charge in [0.25, 0.3) is 5.92 Å². The van der Waals surface area contributed by atoms with E-state index in [-0.39, 0.29) is 6.04 Å². The summed E-state index contributed by atoms with van der Waals surface area (Å²) in [7, 11) is 0. The highest BCUT2D eigenvalue weighted by atomic mass is 19.3. The molecular formula is C25H31F2N7. The first-order valence-corrected chi connectivity index (χ1v) is 11.3. The normalized spacial score (nSPS) is 18.1. The first-order valence-electron chi connectivity index (χ1n) is 11.3. The van der Waals surface area contributed by atoms with Crippen molar-refractivity contribution in [2.24, 2.45) is 0 Å². The summed E-state index contributed by atoms with van der Waals surface area (Å²) in [5.74, 6) is -0.864. The van der Waals surface area contributed by atoms with Crippen molar-refractivity contribution in [1.82, 2.24) is 20.5 Å². The lowest BCUT2D eigenvalue weighted by atomic mass is 10.1. The van der Waals surface area contributed by atoms with E-state index in [9.17, 15) is 8.78 Å². The summed E-state index contributed by atoms with van der Waals surface area (Å²) in [5.41, 5.74) is 3.68. The Morgan fingerprint density at radius 2 is 2.12 bits per heavy atom. The number of anilines is 3. The largest absolute Gasteiger partial charge is 0.375 e. The van der Waals surface area contributed by atoms with Gasteiger partial charge in [0, 0.05) is 31.3 Å². The summed E-state index contributed by atoms with van der Waals surface area (Å²) in [6.07, 6.45) is 6.44. The molecule has 3 N–H and O–H groups in total. The summed E-state index contributed by atoms with van der Waals surface area (Å²) >= 11 is 0. The molecule has 180 valence electrons. The van der Waals surface area contributed by atoms with Crippen LogP contribution in [0.5, 0.6) is 0 Å². The lowest BCUT2D eigenvalue weighted by molar-refractivity contribution is -0.00685. The van der Waals surface area contributed by atoms with Gasteiger partial charge in [-0.3, -0.25) is 5.10 Å². The summed E-state index contributed by atoms with van der Waals surface area (Å²) in [5, 5.41) is 13.5. The molecule has 2 aliphatic rings. The van der Waals surface area contributed by atoms with E-state index in [4.69, 9.17) is 4.98 Å². The van der Waals surface area contributed by atoms with E-state index in [2.05, 4.69) is 50.4 Å². The molecule has 0 radical (unpaired) electrons. The number of fused-ring (bicyclic) bond motifs is 4. The Morgan fingerprint density at radius 3 is 2.82 bits per heavy atom. The molecule has 7 nitrogen and oxygen atoms in total. The third kappa shape index (κ3) is 4.42. The van der Waals surface area contributed by atoms with Crippen LogP contribution in [-0.2, 0) is 0 Å². The lowest BCUT2D eigenvalue weighted by Crippen LogP contribution is -2.44. The Bertz CT molecular complexity index is 1140. The third-order valence-electron chi connectivity index (χ3n) is 6.36. The van der Waals surface area contributed by atoms with Gasteiger partial charge in [-0.15, -0.1) is 0 Å². The van der Waals surface area contributed by atoms with Crippen molar-refractivity contribution in [1.29, 1.82) is 0 Å². The van der Waals surface area contributed by atoms with Crippen molar-refractivity contribution < 1.29 is 8.78 Å². The number of aromatic amines is 1. The van der Waals surface area contributed by atoms with Gasteiger partial charge in [0.05, 0.1) is 29.2 Å². The molecule has 2 aromatic heterocycles. The van der Waals surface area contributed by atoms with Crippen molar-refractivity contribution in [2.75, 3.05) is 28.2 Å². The number of hydrogen-bond acceptors (Lipinski definition) is 6.